The third-order valence-electron chi connectivity index (χ3n) is 4.19. The van der Waals surface area contributed by atoms with Crippen molar-refractivity contribution in [1.29, 1.82) is 0 Å². The molecule has 0 amide bonds. The minimum atomic E-state index is -0.0758. The van der Waals surface area contributed by atoms with Gasteiger partial charge in [0.25, 0.3) is 5.56 Å². The standard InChI is InChI=1S/C15H27N5O/c1-3-13(5-6-16)19-7-4-8-20(10-9-19)14-11-15(21)18-12(2)17-14/h11,13H,3-10,16H2,1-2H3,(H,17,18,21). The van der Waals surface area contributed by atoms with E-state index >= 15 is 0 Å². The molecule has 0 saturated carbocycles. The minimum Gasteiger partial charge on any atom is -0.355 e. The highest BCUT2D eigenvalue weighted by Crippen LogP contribution is 2.16. The zero-order chi connectivity index (χ0) is 15.2. The van der Waals surface area contributed by atoms with Crippen molar-refractivity contribution in [1.82, 2.24) is 14.9 Å². The van der Waals surface area contributed by atoms with Crippen LogP contribution in [0.25, 0.3) is 0 Å². The summed E-state index contributed by atoms with van der Waals surface area (Å²) in [5.41, 5.74) is 5.64. The summed E-state index contributed by atoms with van der Waals surface area (Å²) < 4.78 is 0. The first-order chi connectivity index (χ1) is 10.1. The molecule has 0 aliphatic carbocycles. The number of rotatable bonds is 5. The van der Waals surface area contributed by atoms with Gasteiger partial charge in [-0.05, 0) is 32.7 Å². The van der Waals surface area contributed by atoms with Crippen molar-refractivity contribution in [2.45, 2.75) is 39.2 Å². The van der Waals surface area contributed by atoms with Crippen LogP contribution in [-0.4, -0.2) is 53.6 Å². The average molecular weight is 293 g/mol. The predicted molar refractivity (Wildman–Crippen MR) is 85.7 cm³/mol. The van der Waals surface area contributed by atoms with Crippen molar-refractivity contribution in [3.63, 3.8) is 0 Å². The maximum absolute atomic E-state index is 11.6. The Bertz CT molecular complexity index is 501. The monoisotopic (exact) mass is 293 g/mol. The zero-order valence-corrected chi connectivity index (χ0v) is 13.1. The second-order valence-electron chi connectivity index (χ2n) is 5.70. The molecule has 21 heavy (non-hydrogen) atoms. The van der Waals surface area contributed by atoms with Gasteiger partial charge in [-0.2, -0.15) is 0 Å². The second-order valence-corrected chi connectivity index (χ2v) is 5.70. The Balaban J connectivity index is 2.04. The van der Waals surface area contributed by atoms with Gasteiger partial charge in [-0.1, -0.05) is 6.92 Å². The molecule has 1 aromatic heterocycles. The highest BCUT2D eigenvalue weighted by molar-refractivity contribution is 5.37. The van der Waals surface area contributed by atoms with E-state index in [1.165, 1.54) is 0 Å². The van der Waals surface area contributed by atoms with Gasteiger partial charge in [0.15, 0.2) is 0 Å². The van der Waals surface area contributed by atoms with Gasteiger partial charge in [0.05, 0.1) is 0 Å². The fourth-order valence-corrected chi connectivity index (χ4v) is 3.09. The molecule has 0 radical (unpaired) electrons. The molecule has 1 unspecified atom stereocenters. The lowest BCUT2D eigenvalue weighted by molar-refractivity contribution is 0.196. The number of nitrogens with zero attached hydrogens (tertiary/aromatic N) is 3. The maximum atomic E-state index is 11.6. The molecule has 2 heterocycles. The van der Waals surface area contributed by atoms with Crippen LogP contribution in [0, 0.1) is 6.92 Å². The Labute approximate surface area is 126 Å². The number of H-pyrrole nitrogens is 1. The fourth-order valence-electron chi connectivity index (χ4n) is 3.09. The molecule has 0 bridgehead atoms. The second kappa shape index (κ2) is 7.56. The third-order valence-corrected chi connectivity index (χ3v) is 4.19. The normalized spacial score (nSPS) is 18.5. The number of nitrogens with two attached hydrogens (primary N) is 1. The van der Waals surface area contributed by atoms with Gasteiger partial charge in [-0.15, -0.1) is 0 Å². The molecule has 1 aromatic rings. The van der Waals surface area contributed by atoms with Gasteiger partial charge in [-0.25, -0.2) is 4.98 Å². The smallest absolute Gasteiger partial charge is 0.252 e. The SMILES string of the molecule is CCC(CCN)N1CCCN(c2cc(=O)[nH]c(C)n2)CC1. The fraction of sp³-hybridized carbons (Fsp3) is 0.733. The molecular formula is C15H27N5O. The lowest BCUT2D eigenvalue weighted by Crippen LogP contribution is -2.39. The minimum absolute atomic E-state index is 0.0758. The molecule has 6 heteroatoms. The molecule has 1 fully saturated rings. The number of hydrogen-bond acceptors (Lipinski definition) is 5. The molecular weight excluding hydrogens is 266 g/mol. The molecule has 2 rings (SSSR count). The number of hydrogen-bond donors (Lipinski definition) is 2. The van der Waals surface area contributed by atoms with Crippen molar-refractivity contribution in [3.8, 4) is 0 Å². The van der Waals surface area contributed by atoms with Crippen LogP contribution in [-0.2, 0) is 0 Å². The first kappa shape index (κ1) is 16.0. The number of anilines is 1. The Hall–Kier alpha value is -1.40. The number of aromatic nitrogens is 2. The summed E-state index contributed by atoms with van der Waals surface area (Å²) in [6.07, 6.45) is 3.28. The largest absolute Gasteiger partial charge is 0.355 e. The summed E-state index contributed by atoms with van der Waals surface area (Å²) in [5, 5.41) is 0. The van der Waals surface area contributed by atoms with E-state index in [9.17, 15) is 4.79 Å². The van der Waals surface area contributed by atoms with E-state index in [1.807, 2.05) is 6.92 Å². The van der Waals surface area contributed by atoms with Gasteiger partial charge in [0, 0.05) is 38.3 Å². The summed E-state index contributed by atoms with van der Waals surface area (Å²) in [6, 6.07) is 2.17. The third kappa shape index (κ3) is 4.28. The van der Waals surface area contributed by atoms with E-state index in [2.05, 4.69) is 26.7 Å². The lowest BCUT2D eigenvalue weighted by Gasteiger charge is -2.29. The first-order valence-electron chi connectivity index (χ1n) is 7.91. The molecule has 1 aliphatic rings. The van der Waals surface area contributed by atoms with Crippen LogP contribution in [0.4, 0.5) is 5.82 Å². The van der Waals surface area contributed by atoms with Crippen LogP contribution in [0.3, 0.4) is 0 Å². The zero-order valence-electron chi connectivity index (χ0n) is 13.1. The Kier molecular flexibility index (Phi) is 5.76. The van der Waals surface area contributed by atoms with Crippen molar-refractivity contribution in [3.05, 3.63) is 22.2 Å². The van der Waals surface area contributed by atoms with Gasteiger partial charge < -0.3 is 15.6 Å². The Morgan fingerprint density at radius 1 is 1.38 bits per heavy atom. The van der Waals surface area contributed by atoms with Crippen LogP contribution in [0.5, 0.6) is 0 Å². The van der Waals surface area contributed by atoms with E-state index in [0.717, 1.165) is 57.8 Å². The van der Waals surface area contributed by atoms with Crippen molar-refractivity contribution >= 4 is 5.82 Å². The number of aromatic amines is 1. The first-order valence-corrected chi connectivity index (χ1v) is 7.91. The maximum Gasteiger partial charge on any atom is 0.252 e. The van der Waals surface area contributed by atoms with Gasteiger partial charge in [0.2, 0.25) is 0 Å². The molecule has 1 atom stereocenters. The summed E-state index contributed by atoms with van der Waals surface area (Å²) in [4.78, 5) is 23.5. The van der Waals surface area contributed by atoms with Crippen molar-refractivity contribution in [2.24, 2.45) is 5.73 Å². The summed E-state index contributed by atoms with van der Waals surface area (Å²) in [6.45, 7) is 8.76. The van der Waals surface area contributed by atoms with Crippen molar-refractivity contribution < 1.29 is 0 Å². The summed E-state index contributed by atoms with van der Waals surface area (Å²) >= 11 is 0. The highest BCUT2D eigenvalue weighted by atomic mass is 16.1. The highest BCUT2D eigenvalue weighted by Gasteiger charge is 2.21. The van der Waals surface area contributed by atoms with Crippen LogP contribution < -0.4 is 16.2 Å². The number of nitrogens with one attached hydrogen (secondary N) is 1. The van der Waals surface area contributed by atoms with E-state index < -0.39 is 0 Å². The molecule has 118 valence electrons. The number of aryl methyl sites for hydroxylation is 1. The van der Waals surface area contributed by atoms with Crippen LogP contribution in [0.1, 0.15) is 32.0 Å². The molecule has 0 aromatic carbocycles. The molecule has 1 saturated heterocycles. The van der Waals surface area contributed by atoms with Gasteiger partial charge >= 0.3 is 0 Å². The molecule has 6 nitrogen and oxygen atoms in total. The molecule has 1 aliphatic heterocycles. The van der Waals surface area contributed by atoms with E-state index in [1.54, 1.807) is 6.07 Å². The van der Waals surface area contributed by atoms with Gasteiger partial charge in [-0.3, -0.25) is 9.69 Å². The van der Waals surface area contributed by atoms with E-state index in [-0.39, 0.29) is 5.56 Å². The van der Waals surface area contributed by atoms with Crippen LogP contribution in [0.15, 0.2) is 10.9 Å². The van der Waals surface area contributed by atoms with E-state index in [0.29, 0.717) is 11.9 Å². The predicted octanol–water partition coefficient (Wildman–Crippen LogP) is 0.718. The van der Waals surface area contributed by atoms with Crippen molar-refractivity contribution in [2.75, 3.05) is 37.6 Å². The summed E-state index contributed by atoms with van der Waals surface area (Å²) in [5.74, 6) is 1.47. The summed E-state index contributed by atoms with van der Waals surface area (Å²) in [7, 11) is 0. The Morgan fingerprint density at radius 2 is 2.19 bits per heavy atom. The topological polar surface area (TPSA) is 78.2 Å². The molecule has 0 spiro atoms. The Morgan fingerprint density at radius 3 is 2.86 bits per heavy atom. The molecule has 3 N–H and O–H groups in total. The lowest BCUT2D eigenvalue weighted by atomic mass is 10.1. The van der Waals surface area contributed by atoms with Crippen LogP contribution in [0.2, 0.25) is 0 Å². The average Bonchev–Trinajstić information content (AvgIpc) is 2.69. The van der Waals surface area contributed by atoms with Crippen LogP contribution >= 0.6 is 0 Å². The quantitative estimate of drug-likeness (QED) is 0.836. The van der Waals surface area contributed by atoms with E-state index in [4.69, 9.17) is 5.73 Å². The van der Waals surface area contributed by atoms with Gasteiger partial charge in [0.1, 0.15) is 11.6 Å².